The minimum absolute atomic E-state index is 0.256. The maximum Gasteiger partial charge on any atom is 0.242 e. The van der Waals surface area contributed by atoms with Crippen molar-refractivity contribution in [2.45, 2.75) is 28.9 Å². The summed E-state index contributed by atoms with van der Waals surface area (Å²) in [6.07, 6.45) is 4.18. The molecule has 1 fully saturated rings. The Morgan fingerprint density at radius 1 is 1.29 bits per heavy atom. The molecule has 0 aliphatic heterocycles. The van der Waals surface area contributed by atoms with Crippen molar-refractivity contribution in [1.82, 2.24) is 19.1 Å². The minimum Gasteiger partial charge on any atom is -0.493 e. The van der Waals surface area contributed by atoms with Crippen molar-refractivity contribution in [3.05, 3.63) is 30.6 Å². The monoisotopic (exact) mass is 368 g/mol. The molecule has 1 aliphatic carbocycles. The Bertz CT molecular complexity index is 783. The van der Waals surface area contributed by atoms with Crippen LogP contribution in [0.2, 0.25) is 0 Å². The molecule has 1 aliphatic rings. The lowest BCUT2D eigenvalue weighted by Gasteiger charge is -2.12. The fourth-order valence-electron chi connectivity index (χ4n) is 2.15. The molecule has 0 amide bonds. The standard InChI is InChI=1S/C15H20N4O3S2/c1-18(2)24(20,21)14-7-5-13(6-8-14)22-9-10-23-15-17-16-11-19(15)12-3-4-12/h5-8,11-12H,3-4,9-10H2,1-2H3. The van der Waals surface area contributed by atoms with Gasteiger partial charge in [0.15, 0.2) is 5.16 Å². The highest BCUT2D eigenvalue weighted by Gasteiger charge is 2.26. The van der Waals surface area contributed by atoms with Crippen LogP contribution in [-0.4, -0.2) is 53.9 Å². The molecule has 2 aromatic rings. The first-order valence-corrected chi connectivity index (χ1v) is 10.1. The van der Waals surface area contributed by atoms with Gasteiger partial charge < -0.3 is 9.30 Å². The molecule has 0 N–H and O–H groups in total. The lowest BCUT2D eigenvalue weighted by Crippen LogP contribution is -2.22. The molecular weight excluding hydrogens is 348 g/mol. The molecule has 0 unspecified atom stereocenters. The second kappa shape index (κ2) is 7.12. The molecule has 0 saturated heterocycles. The van der Waals surface area contributed by atoms with Gasteiger partial charge in [-0.3, -0.25) is 0 Å². The Morgan fingerprint density at radius 2 is 2.00 bits per heavy atom. The SMILES string of the molecule is CN(C)S(=O)(=O)c1ccc(OCCSc2nncn2C2CC2)cc1. The second-order valence-electron chi connectivity index (χ2n) is 5.71. The van der Waals surface area contributed by atoms with Gasteiger partial charge >= 0.3 is 0 Å². The maximum absolute atomic E-state index is 12.0. The first-order valence-electron chi connectivity index (χ1n) is 7.66. The molecule has 7 nitrogen and oxygen atoms in total. The summed E-state index contributed by atoms with van der Waals surface area (Å²) in [5.74, 6) is 1.40. The summed E-state index contributed by atoms with van der Waals surface area (Å²) in [4.78, 5) is 0.256. The summed E-state index contributed by atoms with van der Waals surface area (Å²) in [7, 11) is -0.377. The van der Waals surface area contributed by atoms with Crippen LogP contribution in [0, 0.1) is 0 Å². The average molecular weight is 368 g/mol. The third-order valence-corrected chi connectivity index (χ3v) is 6.42. The predicted octanol–water partition coefficient (Wildman–Crippen LogP) is 2.03. The number of benzene rings is 1. The van der Waals surface area contributed by atoms with E-state index in [2.05, 4.69) is 14.8 Å². The first kappa shape index (κ1) is 17.2. The van der Waals surface area contributed by atoms with Crippen molar-refractivity contribution in [2.24, 2.45) is 0 Å². The van der Waals surface area contributed by atoms with Crippen LogP contribution in [0.25, 0.3) is 0 Å². The van der Waals surface area contributed by atoms with E-state index >= 15 is 0 Å². The normalized spacial score (nSPS) is 15.0. The molecule has 0 spiro atoms. The Kier molecular flexibility index (Phi) is 5.12. The topological polar surface area (TPSA) is 77.3 Å². The van der Waals surface area contributed by atoms with Gasteiger partial charge in [0.05, 0.1) is 11.5 Å². The molecule has 0 atom stereocenters. The van der Waals surface area contributed by atoms with E-state index in [1.54, 1.807) is 42.4 Å². The van der Waals surface area contributed by atoms with Crippen LogP contribution in [0.3, 0.4) is 0 Å². The Hall–Kier alpha value is -1.58. The molecule has 0 radical (unpaired) electrons. The Labute approximate surface area is 146 Å². The number of aromatic nitrogens is 3. The molecule has 24 heavy (non-hydrogen) atoms. The lowest BCUT2D eigenvalue weighted by molar-refractivity contribution is 0.343. The quantitative estimate of drug-likeness (QED) is 0.524. The third kappa shape index (κ3) is 3.90. The maximum atomic E-state index is 12.0. The molecular formula is C15H20N4O3S2. The van der Waals surface area contributed by atoms with E-state index in [9.17, 15) is 8.42 Å². The highest BCUT2D eigenvalue weighted by atomic mass is 32.2. The highest BCUT2D eigenvalue weighted by Crippen LogP contribution is 2.37. The van der Waals surface area contributed by atoms with Gasteiger partial charge in [0.1, 0.15) is 12.1 Å². The van der Waals surface area contributed by atoms with Crippen molar-refractivity contribution in [3.8, 4) is 5.75 Å². The largest absolute Gasteiger partial charge is 0.493 e. The molecule has 1 saturated carbocycles. The van der Waals surface area contributed by atoms with Gasteiger partial charge in [-0.25, -0.2) is 12.7 Å². The van der Waals surface area contributed by atoms with Crippen LogP contribution in [-0.2, 0) is 10.0 Å². The molecule has 130 valence electrons. The highest BCUT2D eigenvalue weighted by molar-refractivity contribution is 7.99. The zero-order valence-electron chi connectivity index (χ0n) is 13.6. The summed E-state index contributed by atoms with van der Waals surface area (Å²) in [5.41, 5.74) is 0. The smallest absolute Gasteiger partial charge is 0.242 e. The number of hydrogen-bond acceptors (Lipinski definition) is 6. The van der Waals surface area contributed by atoms with E-state index in [1.165, 1.54) is 31.2 Å². The lowest BCUT2D eigenvalue weighted by atomic mass is 10.3. The third-order valence-electron chi connectivity index (χ3n) is 3.67. The van der Waals surface area contributed by atoms with Gasteiger partial charge in [-0.1, -0.05) is 11.8 Å². The summed E-state index contributed by atoms with van der Waals surface area (Å²) in [6, 6.07) is 7.03. The second-order valence-corrected chi connectivity index (χ2v) is 8.92. The van der Waals surface area contributed by atoms with E-state index < -0.39 is 10.0 Å². The molecule has 1 heterocycles. The van der Waals surface area contributed by atoms with Crippen molar-refractivity contribution in [3.63, 3.8) is 0 Å². The van der Waals surface area contributed by atoms with Crippen LogP contribution < -0.4 is 4.74 Å². The van der Waals surface area contributed by atoms with E-state index in [0.717, 1.165) is 10.9 Å². The Balaban J connectivity index is 1.49. The van der Waals surface area contributed by atoms with Crippen molar-refractivity contribution in [1.29, 1.82) is 0 Å². The van der Waals surface area contributed by atoms with Crippen molar-refractivity contribution >= 4 is 21.8 Å². The number of rotatable bonds is 8. The van der Waals surface area contributed by atoms with E-state index in [1.807, 2.05) is 0 Å². The summed E-state index contributed by atoms with van der Waals surface area (Å²) in [5, 5.41) is 9.01. The van der Waals surface area contributed by atoms with E-state index in [4.69, 9.17) is 4.74 Å². The van der Waals surface area contributed by atoms with Gasteiger partial charge in [0.2, 0.25) is 10.0 Å². The van der Waals surface area contributed by atoms with Crippen LogP contribution in [0.4, 0.5) is 0 Å². The number of ether oxygens (including phenoxy) is 1. The van der Waals surface area contributed by atoms with E-state index in [0.29, 0.717) is 18.4 Å². The van der Waals surface area contributed by atoms with Crippen molar-refractivity contribution < 1.29 is 13.2 Å². The number of sulfonamides is 1. The summed E-state index contributed by atoms with van der Waals surface area (Å²) >= 11 is 1.61. The van der Waals surface area contributed by atoms with Gasteiger partial charge in [0.25, 0.3) is 0 Å². The predicted molar refractivity (Wildman–Crippen MR) is 91.8 cm³/mol. The first-order chi connectivity index (χ1) is 11.5. The minimum atomic E-state index is -3.40. The molecule has 1 aromatic carbocycles. The van der Waals surface area contributed by atoms with Gasteiger partial charge in [-0.2, -0.15) is 0 Å². The van der Waals surface area contributed by atoms with Crippen LogP contribution >= 0.6 is 11.8 Å². The summed E-state index contributed by atoms with van der Waals surface area (Å²) in [6.45, 7) is 0.516. The average Bonchev–Trinajstić information content (AvgIpc) is 3.30. The van der Waals surface area contributed by atoms with Crippen LogP contribution in [0.5, 0.6) is 5.75 Å². The molecule has 1 aromatic heterocycles. The molecule has 3 rings (SSSR count). The van der Waals surface area contributed by atoms with Crippen molar-refractivity contribution in [2.75, 3.05) is 26.5 Å². The van der Waals surface area contributed by atoms with Gasteiger partial charge in [-0.05, 0) is 37.1 Å². The van der Waals surface area contributed by atoms with Crippen LogP contribution in [0.15, 0.2) is 40.6 Å². The molecule has 9 heteroatoms. The fraction of sp³-hybridized carbons (Fsp3) is 0.467. The zero-order valence-corrected chi connectivity index (χ0v) is 15.3. The fourth-order valence-corrected chi connectivity index (χ4v) is 3.85. The van der Waals surface area contributed by atoms with Gasteiger partial charge in [0, 0.05) is 25.9 Å². The Morgan fingerprint density at radius 3 is 2.62 bits per heavy atom. The summed E-state index contributed by atoms with van der Waals surface area (Å²) < 4.78 is 33.0. The number of nitrogens with zero attached hydrogens (tertiary/aromatic N) is 4. The van der Waals surface area contributed by atoms with Crippen LogP contribution in [0.1, 0.15) is 18.9 Å². The van der Waals surface area contributed by atoms with Gasteiger partial charge in [-0.15, -0.1) is 10.2 Å². The number of hydrogen-bond donors (Lipinski definition) is 0. The number of thioether (sulfide) groups is 1. The van der Waals surface area contributed by atoms with E-state index in [-0.39, 0.29) is 4.90 Å². The molecule has 0 bridgehead atoms. The zero-order chi connectivity index (χ0) is 17.2.